The van der Waals surface area contributed by atoms with Crippen LogP contribution in [-0.4, -0.2) is 41.9 Å². The van der Waals surface area contributed by atoms with Gasteiger partial charge in [-0.05, 0) is 48.9 Å². The highest BCUT2D eigenvalue weighted by molar-refractivity contribution is 7.77. The predicted molar refractivity (Wildman–Crippen MR) is 79.8 cm³/mol. The minimum Gasteiger partial charge on any atom is -0.302 e. The maximum absolute atomic E-state index is 4.46. The number of nitrogens with zero attached hydrogens (tertiary/aromatic N) is 2. The summed E-state index contributed by atoms with van der Waals surface area (Å²) in [6.07, 6.45) is 7.15. The Morgan fingerprint density at radius 3 is 2.17 bits per heavy atom. The van der Waals surface area contributed by atoms with Gasteiger partial charge in [0.25, 0.3) is 0 Å². The van der Waals surface area contributed by atoms with Crippen molar-refractivity contribution >= 4 is 12.8 Å². The molecule has 2 heterocycles. The van der Waals surface area contributed by atoms with Crippen LogP contribution in [0, 0.1) is 16.7 Å². The summed E-state index contributed by atoms with van der Waals surface area (Å²) in [6.45, 7) is 11.3. The van der Waals surface area contributed by atoms with Gasteiger partial charge in [-0.3, -0.25) is 4.31 Å². The Morgan fingerprint density at radius 1 is 1.06 bits per heavy atom. The van der Waals surface area contributed by atoms with Gasteiger partial charge in [-0.2, -0.15) is 0 Å². The van der Waals surface area contributed by atoms with Crippen LogP contribution in [0.15, 0.2) is 0 Å². The molecule has 2 aliphatic heterocycles. The molecule has 3 rings (SSSR count). The van der Waals surface area contributed by atoms with Gasteiger partial charge in [-0.15, -0.1) is 0 Å². The average molecular weight is 268 g/mol. The second-order valence-electron chi connectivity index (χ2n) is 7.70. The molecule has 104 valence electrons. The van der Waals surface area contributed by atoms with E-state index in [-0.39, 0.29) is 0 Å². The number of hydrogen-bond donors (Lipinski definition) is 1. The van der Waals surface area contributed by atoms with Gasteiger partial charge in [-0.1, -0.05) is 26.7 Å². The van der Waals surface area contributed by atoms with E-state index in [0.29, 0.717) is 5.41 Å². The topological polar surface area (TPSA) is 6.48 Å². The molecule has 1 aliphatic carbocycles. The second-order valence-corrected chi connectivity index (χ2v) is 8.26. The Morgan fingerprint density at radius 2 is 1.67 bits per heavy atom. The maximum Gasteiger partial charge on any atom is 0.00932 e. The van der Waals surface area contributed by atoms with Crippen LogP contribution in [0.4, 0.5) is 0 Å². The zero-order valence-corrected chi connectivity index (χ0v) is 12.9. The average Bonchev–Trinajstić information content (AvgIpc) is 2.98. The fraction of sp³-hybridized carbons (Fsp3) is 1.00. The van der Waals surface area contributed by atoms with E-state index in [9.17, 15) is 0 Å². The fourth-order valence-electron chi connectivity index (χ4n) is 4.24. The molecule has 1 spiro atoms. The summed E-state index contributed by atoms with van der Waals surface area (Å²) in [5.74, 6) is 0.871. The van der Waals surface area contributed by atoms with Crippen molar-refractivity contribution in [1.82, 2.24) is 9.21 Å². The Bertz CT molecular complexity index is 296. The monoisotopic (exact) mass is 268 g/mol. The Hall–Kier alpha value is 0.270. The van der Waals surface area contributed by atoms with E-state index in [4.69, 9.17) is 0 Å². The molecule has 3 heteroatoms. The number of thiol groups is 1. The third kappa shape index (κ3) is 2.73. The fourth-order valence-corrected chi connectivity index (χ4v) is 4.44. The number of likely N-dealkylation sites (tertiary alicyclic amines) is 1. The third-order valence-corrected chi connectivity index (χ3v) is 5.68. The molecule has 18 heavy (non-hydrogen) atoms. The first-order valence-electron chi connectivity index (χ1n) is 7.67. The van der Waals surface area contributed by atoms with Crippen molar-refractivity contribution in [3.63, 3.8) is 0 Å². The van der Waals surface area contributed by atoms with Gasteiger partial charge < -0.3 is 4.90 Å². The van der Waals surface area contributed by atoms with Crippen molar-refractivity contribution in [3.8, 4) is 0 Å². The van der Waals surface area contributed by atoms with Crippen LogP contribution in [0.2, 0.25) is 0 Å². The van der Waals surface area contributed by atoms with E-state index in [2.05, 4.69) is 35.9 Å². The lowest BCUT2D eigenvalue weighted by Gasteiger charge is -2.54. The highest BCUT2D eigenvalue weighted by atomic mass is 32.1. The molecule has 0 N–H and O–H groups in total. The summed E-state index contributed by atoms with van der Waals surface area (Å²) < 4.78 is 2.19. The minimum absolute atomic E-state index is 0.674. The van der Waals surface area contributed by atoms with Gasteiger partial charge in [-0.25, -0.2) is 0 Å². The second kappa shape index (κ2) is 4.68. The van der Waals surface area contributed by atoms with Gasteiger partial charge in [0.15, 0.2) is 0 Å². The summed E-state index contributed by atoms with van der Waals surface area (Å²) in [6, 6.07) is 0. The summed E-state index contributed by atoms with van der Waals surface area (Å²) in [4.78, 5) is 2.74. The number of hydrogen-bond acceptors (Lipinski definition) is 3. The van der Waals surface area contributed by atoms with Crippen LogP contribution >= 0.6 is 12.8 Å². The van der Waals surface area contributed by atoms with Crippen LogP contribution in [0.25, 0.3) is 0 Å². The molecule has 0 aromatic heterocycles. The molecule has 2 saturated heterocycles. The van der Waals surface area contributed by atoms with E-state index in [1.807, 2.05) is 0 Å². The van der Waals surface area contributed by atoms with Crippen molar-refractivity contribution in [1.29, 1.82) is 0 Å². The largest absolute Gasteiger partial charge is 0.302 e. The van der Waals surface area contributed by atoms with Crippen molar-refractivity contribution in [2.45, 2.75) is 46.0 Å². The van der Waals surface area contributed by atoms with E-state index < -0.39 is 0 Å². The van der Waals surface area contributed by atoms with E-state index >= 15 is 0 Å². The molecular formula is C15H28N2S. The molecule has 0 radical (unpaired) electrons. The quantitative estimate of drug-likeness (QED) is 0.783. The molecule has 2 nitrogen and oxygen atoms in total. The Labute approximate surface area is 118 Å². The summed E-state index contributed by atoms with van der Waals surface area (Å²) in [5.41, 5.74) is 1.40. The van der Waals surface area contributed by atoms with Crippen molar-refractivity contribution in [2.24, 2.45) is 16.7 Å². The van der Waals surface area contributed by atoms with Crippen LogP contribution in [-0.2, 0) is 0 Å². The van der Waals surface area contributed by atoms with Crippen LogP contribution < -0.4 is 0 Å². The molecule has 0 aromatic carbocycles. The highest BCUT2D eigenvalue weighted by Gasteiger charge is 2.50. The first-order valence-corrected chi connectivity index (χ1v) is 8.07. The maximum atomic E-state index is 4.46. The van der Waals surface area contributed by atoms with Crippen LogP contribution in [0.3, 0.4) is 0 Å². The summed E-state index contributed by atoms with van der Waals surface area (Å²) >= 11 is 4.46. The Balaban J connectivity index is 1.45. The molecule has 0 amide bonds. The lowest BCUT2D eigenvalue weighted by Crippen LogP contribution is -2.60. The van der Waals surface area contributed by atoms with Gasteiger partial charge in [0, 0.05) is 32.7 Å². The summed E-state index contributed by atoms with van der Waals surface area (Å²) in [5, 5.41) is 0. The standard InChI is InChI=1S/C15H28N2S/c1-13(2)9-14(3-4-14)10-16-11-15(12-16)5-7-17(18)8-6-15/h13,18H,3-12H2,1-2H3. The lowest BCUT2D eigenvalue weighted by molar-refractivity contribution is -0.0449. The smallest absolute Gasteiger partial charge is 0.00932 e. The van der Waals surface area contributed by atoms with Crippen molar-refractivity contribution < 1.29 is 0 Å². The van der Waals surface area contributed by atoms with Crippen molar-refractivity contribution in [3.05, 3.63) is 0 Å². The molecule has 3 fully saturated rings. The van der Waals surface area contributed by atoms with E-state index in [0.717, 1.165) is 11.3 Å². The zero-order valence-electron chi connectivity index (χ0n) is 12.0. The molecule has 3 aliphatic rings. The van der Waals surface area contributed by atoms with Gasteiger partial charge in [0.05, 0.1) is 0 Å². The van der Waals surface area contributed by atoms with Crippen molar-refractivity contribution in [2.75, 3.05) is 32.7 Å². The first-order chi connectivity index (χ1) is 8.51. The van der Waals surface area contributed by atoms with Crippen LogP contribution in [0.1, 0.15) is 46.0 Å². The van der Waals surface area contributed by atoms with Gasteiger partial charge >= 0.3 is 0 Å². The first kappa shape index (κ1) is 13.3. The van der Waals surface area contributed by atoms with Gasteiger partial charge in [0.1, 0.15) is 0 Å². The molecule has 0 aromatic rings. The normalized spacial score (nSPS) is 30.7. The molecule has 0 bridgehead atoms. The van der Waals surface area contributed by atoms with E-state index in [1.54, 1.807) is 0 Å². The van der Waals surface area contributed by atoms with Crippen LogP contribution in [0.5, 0.6) is 0 Å². The minimum atomic E-state index is 0.674. The summed E-state index contributed by atoms with van der Waals surface area (Å²) in [7, 11) is 0. The number of rotatable bonds is 4. The lowest BCUT2D eigenvalue weighted by atomic mass is 9.72. The zero-order chi connectivity index (χ0) is 12.8. The molecule has 0 atom stereocenters. The molecule has 1 saturated carbocycles. The van der Waals surface area contributed by atoms with E-state index in [1.165, 1.54) is 64.8 Å². The molecular weight excluding hydrogens is 240 g/mol. The SMILES string of the molecule is CC(C)CC1(CN2CC3(CCN(S)CC3)C2)CC1. The van der Waals surface area contributed by atoms with Gasteiger partial charge in [0.2, 0.25) is 0 Å². The number of piperidine rings is 1. The highest BCUT2D eigenvalue weighted by Crippen LogP contribution is 2.53. The third-order valence-electron chi connectivity index (χ3n) is 5.28. The predicted octanol–water partition coefficient (Wildman–Crippen LogP) is 3.06. The Kier molecular flexibility index (Phi) is 3.44. The molecule has 0 unspecified atom stereocenters.